The lowest BCUT2D eigenvalue weighted by Crippen LogP contribution is -1.77. The molecule has 1 aromatic carbocycles. The molecule has 77 valence electrons. The molecule has 2 N–H and O–H groups in total. The summed E-state index contributed by atoms with van der Waals surface area (Å²) in [6.07, 6.45) is 1.71. The summed E-state index contributed by atoms with van der Waals surface area (Å²) in [7, 11) is 0. The van der Waals surface area contributed by atoms with Crippen molar-refractivity contribution in [3.63, 3.8) is 0 Å². The van der Waals surface area contributed by atoms with E-state index in [2.05, 4.69) is 20.9 Å². The fraction of sp³-hybridized carbons (Fsp3) is 0. The minimum Gasteiger partial charge on any atom is -0.429 e. The zero-order valence-corrected chi connectivity index (χ0v) is 9.90. The maximum Gasteiger partial charge on any atom is 0.482 e. The van der Waals surface area contributed by atoms with Gasteiger partial charge in [0.15, 0.2) is 0 Å². The predicted molar refractivity (Wildman–Crippen MR) is 64.6 cm³/mol. The maximum absolute atomic E-state index is 7.00. The van der Waals surface area contributed by atoms with Crippen LogP contribution in [-0.4, -0.2) is 22.7 Å². The van der Waals surface area contributed by atoms with Crippen LogP contribution < -0.4 is 0 Å². The summed E-state index contributed by atoms with van der Waals surface area (Å²) in [6, 6.07) is 7.89. The van der Waals surface area contributed by atoms with Crippen molar-refractivity contribution in [3.8, 4) is 0 Å². The Morgan fingerprint density at radius 2 is 1.93 bits per heavy atom. The van der Waals surface area contributed by atoms with E-state index in [1.807, 2.05) is 24.3 Å². The Morgan fingerprint density at radius 3 is 2.60 bits per heavy atom. The molecule has 0 atom stereocenters. The van der Waals surface area contributed by atoms with Gasteiger partial charge in [0.05, 0.1) is 0 Å². The van der Waals surface area contributed by atoms with E-state index in [0.29, 0.717) is 5.15 Å². The average Bonchev–Trinajstić information content (AvgIpc) is 2.21. The summed E-state index contributed by atoms with van der Waals surface area (Å²) < 4.78 is 1.02. The maximum atomic E-state index is 7.00. The van der Waals surface area contributed by atoms with Crippen molar-refractivity contribution in [2.45, 2.75) is 0 Å². The third kappa shape index (κ3) is 3.46. The van der Waals surface area contributed by atoms with Crippen LogP contribution in [-0.2, 0) is 0 Å². The molecule has 0 spiro atoms. The highest BCUT2D eigenvalue weighted by molar-refractivity contribution is 9.10. The highest BCUT2D eigenvalue weighted by Gasteiger charge is 1.98. The van der Waals surface area contributed by atoms with Gasteiger partial charge in [0.25, 0.3) is 0 Å². The Bertz CT molecular complexity index is 455. The quantitative estimate of drug-likeness (QED) is 0.576. The molecule has 2 aromatic rings. The summed E-state index contributed by atoms with van der Waals surface area (Å²) in [4.78, 5) is 3.99. The summed E-state index contributed by atoms with van der Waals surface area (Å²) in [5.74, 6) is 0. The number of aromatic nitrogens is 1. The van der Waals surface area contributed by atoms with Crippen LogP contribution in [0.4, 0.5) is 0 Å². The molecule has 0 fully saturated rings. The van der Waals surface area contributed by atoms with Gasteiger partial charge in [0, 0.05) is 16.1 Å². The van der Waals surface area contributed by atoms with Crippen molar-refractivity contribution < 1.29 is 10.0 Å². The van der Waals surface area contributed by atoms with E-state index in [9.17, 15) is 0 Å². The summed E-state index contributed by atoms with van der Waals surface area (Å²) in [6.45, 7) is 0. The van der Waals surface area contributed by atoms with Gasteiger partial charge in [-0.25, -0.2) is 4.98 Å². The van der Waals surface area contributed by atoms with Gasteiger partial charge >= 0.3 is 7.69 Å². The Kier molecular flexibility index (Phi) is 5.04. The van der Waals surface area contributed by atoms with Crippen LogP contribution in [0.1, 0.15) is 0 Å². The zero-order valence-electron chi connectivity index (χ0n) is 7.56. The molecule has 1 radical (unpaired) electrons. The molecule has 0 saturated heterocycles. The molecule has 0 aliphatic heterocycles. The Labute approximate surface area is 101 Å². The average molecular weight is 287 g/mol. The van der Waals surface area contributed by atoms with Crippen molar-refractivity contribution >= 4 is 46.0 Å². The van der Waals surface area contributed by atoms with Crippen LogP contribution in [0.3, 0.4) is 0 Å². The highest BCUT2D eigenvalue weighted by atomic mass is 79.9. The van der Waals surface area contributed by atoms with Crippen molar-refractivity contribution in [2.75, 3.05) is 0 Å². The van der Waals surface area contributed by atoms with Gasteiger partial charge in [-0.05, 0) is 23.6 Å². The van der Waals surface area contributed by atoms with E-state index in [-0.39, 0.29) is 7.69 Å². The van der Waals surface area contributed by atoms with Gasteiger partial charge in [-0.3, -0.25) is 0 Å². The van der Waals surface area contributed by atoms with Gasteiger partial charge < -0.3 is 10.0 Å². The number of benzene rings is 1. The largest absolute Gasteiger partial charge is 0.482 e. The molecular formula is C9H7BBrClNO2. The number of rotatable bonds is 0. The number of nitrogens with zero attached hydrogens (tertiary/aromatic N) is 1. The first-order valence-electron chi connectivity index (χ1n) is 3.99. The predicted octanol–water partition coefficient (Wildman–Crippen LogP) is 2.16. The molecule has 1 heterocycles. The fourth-order valence-electron chi connectivity index (χ4n) is 1.11. The number of hydrogen-bond donors (Lipinski definition) is 2. The summed E-state index contributed by atoms with van der Waals surface area (Å²) in [5, 5.41) is 16.6. The standard InChI is InChI=1S/C9H5BrClN.BH2O2/c10-7-2-1-6-3-4-12-9(11)8(6)5-7;2-1-3/h1-5H;2-3H. The highest BCUT2D eigenvalue weighted by Crippen LogP contribution is 2.24. The van der Waals surface area contributed by atoms with E-state index < -0.39 is 0 Å². The minimum atomic E-state index is 0. The Morgan fingerprint density at radius 1 is 1.27 bits per heavy atom. The second kappa shape index (κ2) is 6.07. The van der Waals surface area contributed by atoms with E-state index in [1.165, 1.54) is 0 Å². The Balaban J connectivity index is 0.000000337. The first-order valence-corrected chi connectivity index (χ1v) is 5.16. The lowest BCUT2D eigenvalue weighted by Gasteiger charge is -1.98. The second-order valence-electron chi connectivity index (χ2n) is 2.58. The van der Waals surface area contributed by atoms with Gasteiger partial charge in [-0.2, -0.15) is 0 Å². The third-order valence-electron chi connectivity index (χ3n) is 1.68. The van der Waals surface area contributed by atoms with Crippen LogP contribution in [0, 0.1) is 0 Å². The van der Waals surface area contributed by atoms with E-state index in [1.54, 1.807) is 6.20 Å². The SMILES string of the molecule is Clc1nccc2ccc(Br)cc12.O[B]O. The van der Waals surface area contributed by atoms with Crippen LogP contribution >= 0.6 is 27.5 Å². The zero-order chi connectivity index (χ0) is 11.3. The van der Waals surface area contributed by atoms with E-state index >= 15 is 0 Å². The van der Waals surface area contributed by atoms with Gasteiger partial charge in [0.1, 0.15) is 5.15 Å². The number of pyridine rings is 1. The summed E-state index contributed by atoms with van der Waals surface area (Å²) >= 11 is 9.28. The minimum absolute atomic E-state index is 0. The molecule has 15 heavy (non-hydrogen) atoms. The smallest absolute Gasteiger partial charge is 0.429 e. The van der Waals surface area contributed by atoms with Gasteiger partial charge in [-0.15, -0.1) is 0 Å². The first kappa shape index (κ1) is 12.5. The van der Waals surface area contributed by atoms with Crippen LogP contribution in [0.25, 0.3) is 10.8 Å². The number of fused-ring (bicyclic) bond motifs is 1. The van der Waals surface area contributed by atoms with E-state index in [0.717, 1.165) is 15.2 Å². The van der Waals surface area contributed by atoms with Crippen molar-refractivity contribution in [3.05, 3.63) is 40.1 Å². The normalized spacial score (nSPS) is 9.33. The van der Waals surface area contributed by atoms with Crippen LogP contribution in [0.5, 0.6) is 0 Å². The molecule has 0 aliphatic carbocycles. The molecule has 1 aromatic heterocycles. The Hall–Kier alpha value is -0.615. The van der Waals surface area contributed by atoms with Gasteiger partial charge in [-0.1, -0.05) is 33.6 Å². The molecule has 0 aliphatic rings. The molecule has 6 heteroatoms. The third-order valence-corrected chi connectivity index (χ3v) is 2.47. The molecule has 0 bridgehead atoms. The molecule has 2 rings (SSSR count). The van der Waals surface area contributed by atoms with Crippen LogP contribution in [0.15, 0.2) is 34.9 Å². The van der Waals surface area contributed by atoms with E-state index in [4.69, 9.17) is 21.6 Å². The molecule has 0 unspecified atom stereocenters. The second-order valence-corrected chi connectivity index (χ2v) is 3.86. The lowest BCUT2D eigenvalue weighted by atomic mass is 10.2. The monoisotopic (exact) mass is 286 g/mol. The topological polar surface area (TPSA) is 53.4 Å². The molecule has 3 nitrogen and oxygen atoms in total. The van der Waals surface area contributed by atoms with Crippen molar-refractivity contribution in [2.24, 2.45) is 0 Å². The molecule has 0 amide bonds. The molecule has 0 saturated carbocycles. The van der Waals surface area contributed by atoms with Crippen molar-refractivity contribution in [1.29, 1.82) is 0 Å². The number of halogens is 2. The van der Waals surface area contributed by atoms with Gasteiger partial charge in [0.2, 0.25) is 0 Å². The van der Waals surface area contributed by atoms with Crippen LogP contribution in [0.2, 0.25) is 5.15 Å². The first-order chi connectivity index (χ1) is 7.19. The lowest BCUT2D eigenvalue weighted by molar-refractivity contribution is 0.448. The molecular weight excluding hydrogens is 280 g/mol. The fourth-order valence-corrected chi connectivity index (χ4v) is 1.69. The number of hydrogen-bond acceptors (Lipinski definition) is 3. The summed E-state index contributed by atoms with van der Waals surface area (Å²) in [5.41, 5.74) is 0. The van der Waals surface area contributed by atoms with Crippen molar-refractivity contribution in [1.82, 2.24) is 4.98 Å².